The van der Waals surface area contributed by atoms with Gasteiger partial charge in [-0.3, -0.25) is 4.79 Å². The van der Waals surface area contributed by atoms with E-state index < -0.39 is 9.84 Å². The normalized spacial score (nSPS) is 11.7. The molecule has 1 aromatic heterocycles. The van der Waals surface area contributed by atoms with E-state index in [4.69, 9.17) is 0 Å². The Hall–Kier alpha value is -1.98. The Kier molecular flexibility index (Phi) is 3.62. The first-order valence-electron chi connectivity index (χ1n) is 6.67. The first-order chi connectivity index (χ1) is 10.4. The quantitative estimate of drug-likeness (QED) is 0.680. The highest BCUT2D eigenvalue weighted by Gasteiger charge is 2.13. The molecule has 3 nitrogen and oxygen atoms in total. The third-order valence-electron chi connectivity index (χ3n) is 3.65. The number of carbonyl (C=O) groups is 1. The summed E-state index contributed by atoms with van der Waals surface area (Å²) in [4.78, 5) is 11.3. The molecule has 0 saturated carbocycles. The molecule has 0 spiro atoms. The predicted molar refractivity (Wildman–Crippen MR) is 90.5 cm³/mol. The van der Waals surface area contributed by atoms with E-state index in [1.807, 2.05) is 30.5 Å². The van der Waals surface area contributed by atoms with Crippen molar-refractivity contribution in [1.29, 1.82) is 0 Å². The summed E-state index contributed by atoms with van der Waals surface area (Å²) in [6.45, 7) is 1.90. The summed E-state index contributed by atoms with van der Waals surface area (Å²) in [6.07, 6.45) is 2.04. The molecule has 3 aromatic rings. The molecule has 5 heteroatoms. The number of hydrogen-bond acceptors (Lipinski definition) is 4. The third kappa shape index (κ3) is 2.58. The molecule has 22 heavy (non-hydrogen) atoms. The van der Waals surface area contributed by atoms with Crippen molar-refractivity contribution < 1.29 is 13.2 Å². The van der Waals surface area contributed by atoms with Crippen molar-refractivity contribution in [3.05, 3.63) is 52.9 Å². The second-order valence-corrected chi connectivity index (χ2v) is 8.20. The van der Waals surface area contributed by atoms with Crippen molar-refractivity contribution in [2.24, 2.45) is 0 Å². The van der Waals surface area contributed by atoms with Gasteiger partial charge in [-0.05, 0) is 47.7 Å². The maximum absolute atomic E-state index is 11.6. The van der Waals surface area contributed by atoms with Crippen LogP contribution in [0.5, 0.6) is 0 Å². The van der Waals surface area contributed by atoms with Crippen LogP contribution in [0.25, 0.3) is 21.2 Å². The summed E-state index contributed by atoms with van der Waals surface area (Å²) in [5, 5.41) is 3.06. The minimum Gasteiger partial charge on any atom is -0.298 e. The van der Waals surface area contributed by atoms with Gasteiger partial charge in [0.25, 0.3) is 0 Å². The van der Waals surface area contributed by atoms with E-state index in [9.17, 15) is 13.2 Å². The summed E-state index contributed by atoms with van der Waals surface area (Å²) in [7, 11) is -3.21. The van der Waals surface area contributed by atoms with Crippen molar-refractivity contribution in [2.75, 3.05) is 6.26 Å². The molecule has 0 N–H and O–H groups in total. The highest BCUT2D eigenvalue weighted by Crippen LogP contribution is 2.36. The molecule has 0 radical (unpaired) electrons. The third-order valence-corrected chi connectivity index (χ3v) is 5.72. The van der Waals surface area contributed by atoms with Crippen LogP contribution < -0.4 is 0 Å². The molecule has 0 bridgehead atoms. The Morgan fingerprint density at radius 2 is 1.82 bits per heavy atom. The summed E-state index contributed by atoms with van der Waals surface area (Å²) >= 11 is 1.61. The smallest absolute Gasteiger partial charge is 0.175 e. The lowest BCUT2D eigenvalue weighted by atomic mass is 9.99. The van der Waals surface area contributed by atoms with Crippen molar-refractivity contribution in [1.82, 2.24) is 0 Å². The van der Waals surface area contributed by atoms with Crippen LogP contribution in [-0.2, 0) is 9.84 Å². The summed E-state index contributed by atoms with van der Waals surface area (Å²) < 4.78 is 24.4. The second kappa shape index (κ2) is 5.34. The molecule has 0 aliphatic rings. The van der Waals surface area contributed by atoms with Crippen LogP contribution in [0.1, 0.15) is 15.9 Å². The van der Waals surface area contributed by atoms with Gasteiger partial charge in [-0.25, -0.2) is 8.42 Å². The summed E-state index contributed by atoms with van der Waals surface area (Å²) in [5.41, 5.74) is 3.56. The number of hydrogen-bond donors (Lipinski definition) is 0. The lowest BCUT2D eigenvalue weighted by molar-refractivity contribution is 0.112. The topological polar surface area (TPSA) is 51.2 Å². The maximum atomic E-state index is 11.6. The number of fused-ring (bicyclic) bond motifs is 1. The lowest BCUT2D eigenvalue weighted by Crippen LogP contribution is -1.97. The molecule has 0 unspecified atom stereocenters. The van der Waals surface area contributed by atoms with Crippen LogP contribution >= 0.6 is 11.3 Å². The van der Waals surface area contributed by atoms with Gasteiger partial charge in [0.2, 0.25) is 0 Å². The van der Waals surface area contributed by atoms with Gasteiger partial charge in [0, 0.05) is 27.5 Å². The molecule has 0 amide bonds. The van der Waals surface area contributed by atoms with Crippen molar-refractivity contribution in [3.8, 4) is 11.1 Å². The summed E-state index contributed by atoms with van der Waals surface area (Å²) in [5.74, 6) is 0. The number of aryl methyl sites for hydroxylation is 1. The van der Waals surface area contributed by atoms with E-state index in [-0.39, 0.29) is 0 Å². The fourth-order valence-corrected chi connectivity index (χ4v) is 4.14. The SMILES string of the molecule is Cc1cc(S(C)(=O)=O)ccc1-c1csc2ccc(C=O)cc12. The fraction of sp³-hybridized carbons (Fsp3) is 0.118. The van der Waals surface area contributed by atoms with E-state index in [1.165, 1.54) is 6.26 Å². The zero-order valence-electron chi connectivity index (χ0n) is 12.2. The molecule has 2 aromatic carbocycles. The molecule has 0 saturated heterocycles. The first kappa shape index (κ1) is 14.9. The molecule has 0 aliphatic heterocycles. The Morgan fingerprint density at radius 3 is 2.45 bits per heavy atom. The van der Waals surface area contributed by atoms with Crippen LogP contribution in [0.3, 0.4) is 0 Å². The zero-order valence-corrected chi connectivity index (χ0v) is 13.8. The van der Waals surface area contributed by atoms with Crippen LogP contribution in [0.4, 0.5) is 0 Å². The van der Waals surface area contributed by atoms with Gasteiger partial charge in [-0.15, -0.1) is 11.3 Å². The lowest BCUT2D eigenvalue weighted by Gasteiger charge is -2.07. The molecular weight excluding hydrogens is 316 g/mol. The van der Waals surface area contributed by atoms with Gasteiger partial charge in [0.15, 0.2) is 9.84 Å². The van der Waals surface area contributed by atoms with Crippen LogP contribution in [0, 0.1) is 6.92 Å². The van der Waals surface area contributed by atoms with Crippen LogP contribution in [-0.4, -0.2) is 21.0 Å². The number of rotatable bonds is 3. The van der Waals surface area contributed by atoms with Crippen LogP contribution in [0.15, 0.2) is 46.7 Å². The van der Waals surface area contributed by atoms with Gasteiger partial charge in [0.1, 0.15) is 6.29 Å². The minimum atomic E-state index is -3.21. The van der Waals surface area contributed by atoms with Crippen LogP contribution in [0.2, 0.25) is 0 Å². The molecule has 0 aliphatic carbocycles. The molecule has 1 heterocycles. The van der Waals surface area contributed by atoms with Gasteiger partial charge in [-0.2, -0.15) is 0 Å². The van der Waals surface area contributed by atoms with Crippen molar-refractivity contribution in [2.45, 2.75) is 11.8 Å². The van der Waals surface area contributed by atoms with E-state index in [0.717, 1.165) is 33.1 Å². The Labute approximate surface area is 133 Å². The second-order valence-electron chi connectivity index (χ2n) is 5.27. The van der Waals surface area contributed by atoms with Crippen molar-refractivity contribution >= 4 is 37.5 Å². The number of carbonyl (C=O) groups excluding carboxylic acids is 1. The van der Waals surface area contributed by atoms with Crippen molar-refractivity contribution in [3.63, 3.8) is 0 Å². The van der Waals surface area contributed by atoms with E-state index >= 15 is 0 Å². The van der Waals surface area contributed by atoms with Gasteiger partial charge in [-0.1, -0.05) is 12.1 Å². The molecular formula is C17H14O3S2. The average Bonchev–Trinajstić information content (AvgIpc) is 2.89. The monoisotopic (exact) mass is 330 g/mol. The Morgan fingerprint density at radius 1 is 1.05 bits per heavy atom. The Balaban J connectivity index is 2.21. The summed E-state index contributed by atoms with van der Waals surface area (Å²) in [6, 6.07) is 10.8. The largest absolute Gasteiger partial charge is 0.298 e. The number of aldehydes is 1. The van der Waals surface area contributed by atoms with Gasteiger partial charge >= 0.3 is 0 Å². The van der Waals surface area contributed by atoms with Gasteiger partial charge in [0.05, 0.1) is 4.90 Å². The number of thiophene rings is 1. The minimum absolute atomic E-state index is 0.321. The first-order valence-corrected chi connectivity index (χ1v) is 9.45. The molecule has 0 fully saturated rings. The zero-order chi connectivity index (χ0) is 15.9. The fourth-order valence-electron chi connectivity index (χ4n) is 2.50. The van der Waals surface area contributed by atoms with E-state index in [2.05, 4.69) is 0 Å². The van der Waals surface area contributed by atoms with Gasteiger partial charge < -0.3 is 0 Å². The molecule has 3 rings (SSSR count). The molecule has 0 atom stereocenters. The molecule has 112 valence electrons. The highest BCUT2D eigenvalue weighted by molar-refractivity contribution is 7.90. The van der Waals surface area contributed by atoms with E-state index in [1.54, 1.807) is 29.5 Å². The standard InChI is InChI=1S/C17H14O3S2/c1-11-7-13(22(2,19)20)4-5-14(11)16-10-21-17-6-3-12(9-18)8-15(16)17/h3-10H,1-2H3. The average molecular weight is 330 g/mol. The van der Waals surface area contributed by atoms with E-state index in [0.29, 0.717) is 10.5 Å². The number of sulfone groups is 1. The number of benzene rings is 2. The highest BCUT2D eigenvalue weighted by atomic mass is 32.2. The Bertz CT molecular complexity index is 982. The maximum Gasteiger partial charge on any atom is 0.175 e. The predicted octanol–water partition coefficient (Wildman–Crippen LogP) is 4.09.